The van der Waals surface area contributed by atoms with Crippen molar-refractivity contribution in [3.05, 3.63) is 48.3 Å². The highest BCUT2D eigenvalue weighted by Gasteiger charge is 2.08. The topological polar surface area (TPSA) is 79.5 Å². The maximum atomic E-state index is 13.8. The van der Waals surface area contributed by atoms with E-state index in [9.17, 15) is 14.0 Å². The number of anilines is 3. The van der Waals surface area contributed by atoms with E-state index in [0.717, 1.165) is 0 Å². The van der Waals surface area contributed by atoms with Crippen molar-refractivity contribution < 1.29 is 18.7 Å². The number of carbonyl (C=O) groups is 2. The fraction of sp³-hybridized carbons (Fsp3) is 0.176. The number of hydrogen-bond donors (Lipinski definition) is 3. The normalized spacial score (nSPS) is 9.96. The standard InChI is InChI=1S/C17H18FN3O3/c1-11(22)20-13-6-7-15(18)16(9-13)19-10-17(23)21-12-4-3-5-14(8-12)24-2/h3-9,19H,10H2,1-2H3,(H,20,22)(H,21,23). The number of hydrogen-bond acceptors (Lipinski definition) is 4. The Morgan fingerprint density at radius 2 is 1.83 bits per heavy atom. The molecule has 0 radical (unpaired) electrons. The third kappa shape index (κ3) is 4.98. The Morgan fingerprint density at radius 3 is 2.54 bits per heavy atom. The lowest BCUT2D eigenvalue weighted by Gasteiger charge is -2.11. The first-order valence-corrected chi connectivity index (χ1v) is 7.23. The fourth-order valence-corrected chi connectivity index (χ4v) is 2.02. The molecule has 2 aromatic rings. The zero-order chi connectivity index (χ0) is 17.5. The Morgan fingerprint density at radius 1 is 1.08 bits per heavy atom. The van der Waals surface area contributed by atoms with Crippen molar-refractivity contribution in [2.24, 2.45) is 0 Å². The molecule has 0 aromatic heterocycles. The minimum Gasteiger partial charge on any atom is -0.497 e. The van der Waals surface area contributed by atoms with Crippen molar-refractivity contribution in [1.29, 1.82) is 0 Å². The van der Waals surface area contributed by atoms with Gasteiger partial charge in [0, 0.05) is 24.4 Å². The summed E-state index contributed by atoms with van der Waals surface area (Å²) >= 11 is 0. The summed E-state index contributed by atoms with van der Waals surface area (Å²) in [6.07, 6.45) is 0. The number of carbonyl (C=O) groups excluding carboxylic acids is 2. The van der Waals surface area contributed by atoms with Gasteiger partial charge in [0.25, 0.3) is 0 Å². The van der Waals surface area contributed by atoms with Crippen LogP contribution in [0, 0.1) is 5.82 Å². The second-order valence-electron chi connectivity index (χ2n) is 5.01. The molecule has 3 N–H and O–H groups in total. The molecule has 0 aliphatic carbocycles. The Labute approximate surface area is 139 Å². The van der Waals surface area contributed by atoms with Crippen molar-refractivity contribution in [3.8, 4) is 5.75 Å². The zero-order valence-electron chi connectivity index (χ0n) is 13.4. The molecule has 2 rings (SSSR count). The van der Waals surface area contributed by atoms with Crippen LogP contribution in [-0.2, 0) is 9.59 Å². The van der Waals surface area contributed by atoms with E-state index >= 15 is 0 Å². The number of nitrogens with one attached hydrogen (secondary N) is 3. The summed E-state index contributed by atoms with van der Waals surface area (Å²) in [6.45, 7) is 1.23. The molecule has 0 fully saturated rings. The maximum absolute atomic E-state index is 13.8. The van der Waals surface area contributed by atoms with Gasteiger partial charge in [0.1, 0.15) is 11.6 Å². The molecule has 126 valence electrons. The molecular weight excluding hydrogens is 313 g/mol. The number of halogens is 1. The van der Waals surface area contributed by atoms with Gasteiger partial charge in [-0.2, -0.15) is 0 Å². The van der Waals surface area contributed by atoms with Crippen LogP contribution in [0.15, 0.2) is 42.5 Å². The lowest BCUT2D eigenvalue weighted by molar-refractivity contribution is -0.115. The Kier molecular flexibility index (Phi) is 5.73. The number of ether oxygens (including phenoxy) is 1. The first-order chi connectivity index (χ1) is 11.5. The lowest BCUT2D eigenvalue weighted by atomic mass is 10.2. The van der Waals surface area contributed by atoms with Crippen molar-refractivity contribution >= 4 is 28.9 Å². The highest BCUT2D eigenvalue weighted by atomic mass is 19.1. The van der Waals surface area contributed by atoms with E-state index in [0.29, 0.717) is 17.1 Å². The van der Waals surface area contributed by atoms with Gasteiger partial charge in [-0.3, -0.25) is 9.59 Å². The second kappa shape index (κ2) is 7.96. The van der Waals surface area contributed by atoms with Gasteiger partial charge in [0.05, 0.1) is 19.3 Å². The van der Waals surface area contributed by atoms with Crippen molar-refractivity contribution in [1.82, 2.24) is 0 Å². The highest BCUT2D eigenvalue weighted by Crippen LogP contribution is 2.20. The van der Waals surface area contributed by atoms with Gasteiger partial charge in [-0.05, 0) is 30.3 Å². The molecule has 0 saturated heterocycles. The van der Waals surface area contributed by atoms with E-state index in [1.54, 1.807) is 24.3 Å². The number of benzene rings is 2. The molecule has 0 aliphatic heterocycles. The van der Waals surface area contributed by atoms with Crippen LogP contribution in [0.5, 0.6) is 5.75 Å². The van der Waals surface area contributed by atoms with E-state index in [2.05, 4.69) is 16.0 Å². The summed E-state index contributed by atoms with van der Waals surface area (Å²) in [5.41, 5.74) is 1.15. The number of amides is 2. The molecule has 0 heterocycles. The van der Waals surface area contributed by atoms with Gasteiger partial charge in [0.15, 0.2) is 0 Å². The van der Waals surface area contributed by atoms with Crippen LogP contribution in [0.1, 0.15) is 6.92 Å². The van der Waals surface area contributed by atoms with Crippen LogP contribution in [0.3, 0.4) is 0 Å². The molecule has 0 aliphatic rings. The fourth-order valence-electron chi connectivity index (χ4n) is 2.02. The largest absolute Gasteiger partial charge is 0.497 e. The summed E-state index contributed by atoms with van der Waals surface area (Å²) in [5.74, 6) is -0.496. The zero-order valence-corrected chi connectivity index (χ0v) is 13.4. The Hall–Kier alpha value is -3.09. The Balaban J connectivity index is 1.97. The van der Waals surface area contributed by atoms with E-state index in [1.165, 1.54) is 32.2 Å². The molecule has 6 nitrogen and oxygen atoms in total. The average Bonchev–Trinajstić information content (AvgIpc) is 2.55. The smallest absolute Gasteiger partial charge is 0.243 e. The number of methoxy groups -OCH3 is 1. The van der Waals surface area contributed by atoms with Crippen molar-refractivity contribution in [2.45, 2.75) is 6.92 Å². The third-order valence-electron chi connectivity index (χ3n) is 3.08. The van der Waals surface area contributed by atoms with Crippen molar-refractivity contribution in [3.63, 3.8) is 0 Å². The molecule has 0 unspecified atom stereocenters. The molecular formula is C17H18FN3O3. The summed E-state index contributed by atoms with van der Waals surface area (Å²) < 4.78 is 18.8. The number of rotatable bonds is 6. The summed E-state index contributed by atoms with van der Waals surface area (Å²) in [7, 11) is 1.54. The van der Waals surface area contributed by atoms with Gasteiger partial charge in [-0.1, -0.05) is 6.07 Å². The van der Waals surface area contributed by atoms with Crippen LogP contribution >= 0.6 is 0 Å². The van der Waals surface area contributed by atoms with E-state index in [1.807, 2.05) is 0 Å². The summed E-state index contributed by atoms with van der Waals surface area (Å²) in [4.78, 5) is 23.0. The molecule has 2 aromatic carbocycles. The highest BCUT2D eigenvalue weighted by molar-refractivity contribution is 5.94. The van der Waals surface area contributed by atoms with Gasteiger partial charge in [0.2, 0.25) is 11.8 Å². The minimum absolute atomic E-state index is 0.127. The molecule has 0 atom stereocenters. The van der Waals surface area contributed by atoms with Gasteiger partial charge in [-0.15, -0.1) is 0 Å². The molecule has 7 heteroatoms. The minimum atomic E-state index is -0.515. The molecule has 0 bridgehead atoms. The van der Waals surface area contributed by atoms with Crippen LogP contribution in [0.2, 0.25) is 0 Å². The average molecular weight is 331 g/mol. The lowest BCUT2D eigenvalue weighted by Crippen LogP contribution is -2.22. The predicted octanol–water partition coefficient (Wildman–Crippen LogP) is 2.84. The van der Waals surface area contributed by atoms with Crippen LogP contribution < -0.4 is 20.7 Å². The molecule has 0 spiro atoms. The van der Waals surface area contributed by atoms with Crippen molar-refractivity contribution in [2.75, 3.05) is 29.6 Å². The van der Waals surface area contributed by atoms with E-state index < -0.39 is 5.82 Å². The molecule has 2 amide bonds. The van der Waals surface area contributed by atoms with Crippen LogP contribution in [-0.4, -0.2) is 25.5 Å². The SMILES string of the molecule is COc1cccc(NC(=O)CNc2cc(NC(C)=O)ccc2F)c1. The summed E-state index contributed by atoms with van der Waals surface area (Å²) in [5, 5.41) is 7.94. The third-order valence-corrected chi connectivity index (χ3v) is 3.08. The second-order valence-corrected chi connectivity index (χ2v) is 5.01. The van der Waals surface area contributed by atoms with Gasteiger partial charge < -0.3 is 20.7 Å². The van der Waals surface area contributed by atoms with E-state index in [4.69, 9.17) is 4.74 Å². The molecule has 0 saturated carbocycles. The first-order valence-electron chi connectivity index (χ1n) is 7.23. The molecule has 24 heavy (non-hydrogen) atoms. The first kappa shape index (κ1) is 17.3. The van der Waals surface area contributed by atoms with Gasteiger partial charge >= 0.3 is 0 Å². The van der Waals surface area contributed by atoms with Crippen LogP contribution in [0.4, 0.5) is 21.5 Å². The van der Waals surface area contributed by atoms with E-state index in [-0.39, 0.29) is 24.0 Å². The quantitative estimate of drug-likeness (QED) is 0.760. The predicted molar refractivity (Wildman–Crippen MR) is 90.8 cm³/mol. The maximum Gasteiger partial charge on any atom is 0.243 e. The van der Waals surface area contributed by atoms with Crippen LogP contribution in [0.25, 0.3) is 0 Å². The Bertz CT molecular complexity index is 750. The monoisotopic (exact) mass is 331 g/mol. The van der Waals surface area contributed by atoms with Gasteiger partial charge in [-0.25, -0.2) is 4.39 Å². The summed E-state index contributed by atoms with van der Waals surface area (Å²) in [6, 6.07) is 11.0.